The molecule has 2 fully saturated rings. The van der Waals surface area contributed by atoms with Gasteiger partial charge in [0.15, 0.2) is 0 Å². The minimum Gasteiger partial charge on any atom is -0.588 e. The molecule has 2 aliphatic rings. The number of halogens is 6. The van der Waals surface area contributed by atoms with Crippen LogP contribution in [0.5, 0.6) is 0 Å². The third-order valence-corrected chi connectivity index (χ3v) is 102. The first kappa shape index (κ1) is 83.8. The molecule has 0 aromatic heterocycles. The summed E-state index contributed by atoms with van der Waals surface area (Å²) >= 11 is -11.1. The summed E-state index contributed by atoms with van der Waals surface area (Å²) in [6.45, 7) is 59.6. The molecule has 18 heteroatoms. The van der Waals surface area contributed by atoms with Crippen molar-refractivity contribution in [2.24, 2.45) is 0 Å². The van der Waals surface area contributed by atoms with E-state index in [1.807, 2.05) is 72.8 Å². The first-order valence-electron chi connectivity index (χ1n) is 30.5. The van der Waals surface area contributed by atoms with E-state index < -0.39 is 138 Å². The van der Waals surface area contributed by atoms with Crippen LogP contribution in [0.1, 0.15) is 47.9 Å². The Bertz CT molecular complexity index is 2430. The molecular formula is C66H112Al2F6K2Si8. The minimum absolute atomic E-state index is 0. The van der Waals surface area contributed by atoms with Gasteiger partial charge in [0.2, 0.25) is 0 Å². The smallest absolute Gasteiger partial charge is 0.588 e. The quantitative estimate of drug-likeness (QED) is 0.0743. The van der Waals surface area contributed by atoms with Crippen molar-refractivity contribution >= 4 is 101 Å². The average Bonchev–Trinajstić information content (AvgIpc) is 1.99. The SMILES string of the molecule is C[Si](C)(C)[C]1([Si](C)(C)C)CC[C]([Si](C)(C)C)([Si](C)(C)C)[Al-]1([F])[c]1c(F)c(F)[c]([Al-]2([F])[C]([Si](C)(C)C)([Si](C)(C)C)CC[C]2([Si](C)(C)C)[Si](C)(C)C)c(F)c1F.Cc1ccccc1.Cc1ccccc1.Cc1ccccc1.Cc1ccccc1.[K+].[K+]. The monoisotopic (exact) mass is 1370 g/mol. The normalized spacial score (nSPS) is 17.8. The Labute approximate surface area is 610 Å². The van der Waals surface area contributed by atoms with Gasteiger partial charge in [0, 0.05) is 64.6 Å². The van der Waals surface area contributed by atoms with Gasteiger partial charge in [0.05, 0.1) is 0 Å². The Morgan fingerprint density at radius 2 is 0.381 bits per heavy atom. The number of hydrogen-bond donors (Lipinski definition) is 0. The molecule has 5 aromatic rings. The van der Waals surface area contributed by atoms with Crippen molar-refractivity contribution in [1.82, 2.24) is 0 Å². The van der Waals surface area contributed by atoms with Gasteiger partial charge in [-0.25, -0.2) is 17.6 Å². The van der Waals surface area contributed by atoms with Crippen LogP contribution in [0.3, 0.4) is 0 Å². The van der Waals surface area contributed by atoms with Crippen LogP contribution in [-0.2, 0) is 0 Å². The average molecular weight is 1380 g/mol. The summed E-state index contributed by atoms with van der Waals surface area (Å²) in [7, 11) is -21.4. The zero-order valence-corrected chi connectivity index (χ0v) is 75.4. The molecule has 0 bridgehead atoms. The molecule has 0 aliphatic carbocycles. The molecule has 0 atom stereocenters. The maximum atomic E-state index is 20.7. The maximum Gasteiger partial charge on any atom is 1.00 e. The first-order valence-corrected chi connectivity index (χ1v) is 62.8. The van der Waals surface area contributed by atoms with Gasteiger partial charge in [-0.2, -0.15) is 0 Å². The molecule has 5 aromatic carbocycles. The number of benzene rings is 5. The van der Waals surface area contributed by atoms with Crippen LogP contribution in [-0.4, -0.2) is 91.7 Å². The van der Waals surface area contributed by atoms with Crippen molar-refractivity contribution < 1.29 is 127 Å². The molecule has 7 rings (SSSR count). The van der Waals surface area contributed by atoms with Crippen molar-refractivity contribution in [3.05, 3.63) is 167 Å². The van der Waals surface area contributed by atoms with E-state index in [0.29, 0.717) is 25.7 Å². The van der Waals surface area contributed by atoms with Crippen LogP contribution in [0, 0.1) is 51.0 Å². The zero-order valence-electron chi connectivity index (χ0n) is 58.8. The fourth-order valence-electron chi connectivity index (χ4n) is 19.2. The Balaban J connectivity index is 0.000000937. The number of rotatable bonds is 10. The van der Waals surface area contributed by atoms with Crippen LogP contribution in [0.25, 0.3) is 0 Å². The standard InChI is InChI=1S/2C16H40Si4.4C7H8.C6F4.2Al.2FH.2K/c2*1-17(2,3)15(18(4,5)6)13-14-16(19(7,8)9)20(10,11)12;4*1-7-5-3-2-4-6-7;7-3-1-4(8)6(10)2-5(3)9;;;;;;/h2*13-14H2,1-12H3;4*2-6H,1H3;;;;2*1H;;/q;;;;;;;;;;;2*+1/p-2. The second kappa shape index (κ2) is 30.4. The van der Waals surface area contributed by atoms with E-state index in [2.05, 4.69) is 233 Å². The van der Waals surface area contributed by atoms with Crippen LogP contribution in [0.2, 0.25) is 171 Å². The Kier molecular flexibility index (Phi) is 30.4. The third kappa shape index (κ3) is 15.6. The van der Waals surface area contributed by atoms with Gasteiger partial charge in [-0.05, 0) is 27.7 Å². The van der Waals surface area contributed by atoms with E-state index >= 15 is 24.6 Å². The Hall–Kier alpha value is 1.75. The number of aryl methyl sites for hydroxylation is 4. The molecular weight excluding hydrogens is 1260 g/mol. The summed E-state index contributed by atoms with van der Waals surface area (Å²) in [5, 5.41) is 0. The Morgan fingerprint density at radius 3 is 0.464 bits per heavy atom. The molecule has 2 heterocycles. The second-order valence-corrected chi connectivity index (χ2v) is 91.0. The predicted molar refractivity (Wildman–Crippen MR) is 380 cm³/mol. The molecule has 2 saturated heterocycles. The van der Waals surface area contributed by atoms with Gasteiger partial charge in [-0.3, -0.25) is 0 Å². The summed E-state index contributed by atoms with van der Waals surface area (Å²) in [6, 6.07) is 41.0. The molecule has 0 radical (unpaired) electrons. The maximum absolute atomic E-state index is 20.7. The Morgan fingerprint density at radius 1 is 0.262 bits per heavy atom. The van der Waals surface area contributed by atoms with E-state index in [4.69, 9.17) is 0 Å². The van der Waals surface area contributed by atoms with Crippen molar-refractivity contribution in [3.8, 4) is 0 Å². The minimum atomic E-state index is -5.55. The summed E-state index contributed by atoms with van der Waals surface area (Å²) in [6.07, 6.45) is 2.07. The van der Waals surface area contributed by atoms with Gasteiger partial charge in [0.25, 0.3) is 0 Å². The van der Waals surface area contributed by atoms with Gasteiger partial charge in [-0.1, -0.05) is 326 Å². The third-order valence-electron chi connectivity index (χ3n) is 21.1. The van der Waals surface area contributed by atoms with E-state index in [0.717, 1.165) is 0 Å². The predicted octanol–water partition coefficient (Wildman–Crippen LogP) is 16.0. The van der Waals surface area contributed by atoms with Gasteiger partial charge >= 0.3 is 130 Å². The fourth-order valence-corrected chi connectivity index (χ4v) is 121. The zero-order chi connectivity index (χ0) is 63.7. The molecule has 2 aliphatic heterocycles. The molecule has 458 valence electrons. The van der Waals surface area contributed by atoms with Crippen molar-refractivity contribution in [3.63, 3.8) is 0 Å². The van der Waals surface area contributed by atoms with E-state index in [-0.39, 0.29) is 103 Å². The first-order chi connectivity index (χ1) is 36.9. The molecule has 0 amide bonds. The molecule has 0 unspecified atom stereocenters. The van der Waals surface area contributed by atoms with E-state index in [1.54, 1.807) is 0 Å². The van der Waals surface area contributed by atoms with Crippen LogP contribution in [0.15, 0.2) is 121 Å². The molecule has 0 spiro atoms. The van der Waals surface area contributed by atoms with E-state index in [9.17, 15) is 0 Å². The van der Waals surface area contributed by atoms with E-state index in [1.165, 1.54) is 22.3 Å². The van der Waals surface area contributed by atoms with Crippen LogP contribution < -0.4 is 112 Å². The fraction of sp³-hybridized carbons (Fsp3) is 0.545. The summed E-state index contributed by atoms with van der Waals surface area (Å²) in [5.41, 5.74) is 5.29. The van der Waals surface area contributed by atoms with Crippen molar-refractivity contribution in [2.75, 3.05) is 0 Å². The van der Waals surface area contributed by atoms with Crippen molar-refractivity contribution in [1.29, 1.82) is 0 Å². The van der Waals surface area contributed by atoms with Crippen LogP contribution >= 0.6 is 0 Å². The largest absolute Gasteiger partial charge is 1.00 e. The number of hydrogen-bond acceptors (Lipinski definition) is 0. The van der Waals surface area contributed by atoms with Gasteiger partial charge < -0.3 is 7.05 Å². The van der Waals surface area contributed by atoms with Crippen LogP contribution in [0.4, 0.5) is 24.6 Å². The van der Waals surface area contributed by atoms with Gasteiger partial charge in [0.1, 0.15) is 23.3 Å². The summed E-state index contributed by atoms with van der Waals surface area (Å²) in [5.74, 6) is -6.21. The molecule has 0 N–H and O–H groups in total. The molecule has 0 saturated carbocycles. The topological polar surface area (TPSA) is 0 Å². The summed E-state index contributed by atoms with van der Waals surface area (Å²) < 4.78 is 109. The second-order valence-electron chi connectivity index (χ2n) is 33.1. The molecule has 0 nitrogen and oxygen atoms in total. The summed E-state index contributed by atoms with van der Waals surface area (Å²) in [4.78, 5) is 0. The molecule has 84 heavy (non-hydrogen) atoms. The van der Waals surface area contributed by atoms with Gasteiger partial charge in [-0.15, -0.1) is 22.9 Å². The van der Waals surface area contributed by atoms with Crippen molar-refractivity contribution in [2.45, 2.75) is 225 Å².